The fraction of sp³-hybridized carbons (Fsp3) is 0.667. The zero-order chi connectivity index (χ0) is 27.1. The molecule has 39 heavy (non-hydrogen) atoms. The Morgan fingerprint density at radius 1 is 1.13 bits per heavy atom. The maximum atomic E-state index is 14.2. The van der Waals surface area contributed by atoms with Crippen molar-refractivity contribution in [2.24, 2.45) is 28.6 Å². The van der Waals surface area contributed by atoms with E-state index in [4.69, 9.17) is 14.2 Å². The number of aliphatic hydroxyl groups excluding tert-OH is 1. The number of aliphatic hydroxyl groups is 1. The molecule has 1 aromatic rings. The predicted octanol–water partition coefficient (Wildman–Crippen LogP) is 5.77. The van der Waals surface area contributed by atoms with Gasteiger partial charge in [0.1, 0.15) is 0 Å². The van der Waals surface area contributed by atoms with Crippen molar-refractivity contribution in [3.05, 3.63) is 40.5 Å². The van der Waals surface area contributed by atoms with Crippen LogP contribution in [0.15, 0.2) is 29.4 Å². The van der Waals surface area contributed by atoms with Gasteiger partial charge in [0.25, 0.3) is 0 Å². The smallest absolute Gasteiger partial charge is 0.231 e. The van der Waals surface area contributed by atoms with Gasteiger partial charge in [-0.3, -0.25) is 9.69 Å². The van der Waals surface area contributed by atoms with Crippen LogP contribution in [-0.4, -0.2) is 49.4 Å². The number of hydrogen-bond donors (Lipinski definition) is 1. The summed E-state index contributed by atoms with van der Waals surface area (Å²) >= 11 is 0. The fourth-order valence-corrected chi connectivity index (χ4v) is 9.71. The highest BCUT2D eigenvalue weighted by molar-refractivity contribution is 5.98. The first-order chi connectivity index (χ1) is 18.7. The minimum atomic E-state index is -0.172. The third-order valence-electron chi connectivity index (χ3n) is 11.9. The van der Waals surface area contributed by atoms with Crippen molar-refractivity contribution in [1.82, 2.24) is 4.90 Å². The largest absolute Gasteiger partial charge is 0.492 e. The molecule has 0 amide bonds. The van der Waals surface area contributed by atoms with E-state index >= 15 is 0 Å². The highest BCUT2D eigenvalue weighted by atomic mass is 16.7. The van der Waals surface area contributed by atoms with Crippen molar-refractivity contribution in [2.75, 3.05) is 27.5 Å². The maximum Gasteiger partial charge on any atom is 0.231 e. The van der Waals surface area contributed by atoms with Crippen molar-refractivity contribution in [2.45, 2.75) is 83.8 Å². The van der Waals surface area contributed by atoms with Crippen molar-refractivity contribution in [3.8, 4) is 17.2 Å². The van der Waals surface area contributed by atoms with Crippen molar-refractivity contribution in [3.63, 3.8) is 0 Å². The van der Waals surface area contributed by atoms with Crippen molar-refractivity contribution < 1.29 is 24.1 Å². The van der Waals surface area contributed by atoms with Crippen LogP contribution < -0.4 is 14.2 Å². The number of ketones is 1. The molecule has 0 aromatic heterocycles. The number of benzene rings is 1. The van der Waals surface area contributed by atoms with Crippen LogP contribution in [0, 0.1) is 28.6 Å². The van der Waals surface area contributed by atoms with E-state index in [1.165, 1.54) is 17.6 Å². The molecule has 0 radical (unpaired) electrons. The zero-order valence-corrected chi connectivity index (χ0v) is 23.9. The minimum Gasteiger partial charge on any atom is -0.492 e. The van der Waals surface area contributed by atoms with E-state index in [0.29, 0.717) is 35.7 Å². The maximum absolute atomic E-state index is 14.2. The second-order valence-corrected chi connectivity index (χ2v) is 13.6. The topological polar surface area (TPSA) is 68.2 Å². The van der Waals surface area contributed by atoms with Gasteiger partial charge in [0.2, 0.25) is 12.5 Å². The van der Waals surface area contributed by atoms with Crippen LogP contribution in [0.3, 0.4) is 0 Å². The van der Waals surface area contributed by atoms with Gasteiger partial charge in [-0.2, -0.15) is 0 Å². The summed E-state index contributed by atoms with van der Waals surface area (Å²) in [5.41, 5.74) is 5.03. The molecule has 0 saturated heterocycles. The molecule has 1 aromatic carbocycles. The Morgan fingerprint density at radius 2 is 1.95 bits per heavy atom. The lowest BCUT2D eigenvalue weighted by Crippen LogP contribution is -2.50. The van der Waals surface area contributed by atoms with Crippen molar-refractivity contribution >= 4 is 5.78 Å². The average Bonchev–Trinajstić information content (AvgIpc) is 3.53. The summed E-state index contributed by atoms with van der Waals surface area (Å²) in [6, 6.07) is 2.05. The van der Waals surface area contributed by atoms with E-state index in [1.54, 1.807) is 7.11 Å². The molecule has 0 spiro atoms. The number of likely N-dealkylation sites (N-methyl/N-ethyl adjacent to an activating group) is 1. The highest BCUT2D eigenvalue weighted by Crippen LogP contribution is 2.65. The van der Waals surface area contributed by atoms with Crippen LogP contribution in [0.5, 0.6) is 17.2 Å². The Bertz CT molecular complexity index is 1270. The summed E-state index contributed by atoms with van der Waals surface area (Å²) in [5, 5.41) is 10.3. The molecular formula is C33H43NO5. The van der Waals surface area contributed by atoms with Gasteiger partial charge in [-0.1, -0.05) is 31.6 Å². The van der Waals surface area contributed by atoms with Crippen LogP contribution >= 0.6 is 0 Å². The van der Waals surface area contributed by atoms with E-state index in [2.05, 4.69) is 44.0 Å². The summed E-state index contributed by atoms with van der Waals surface area (Å²) < 4.78 is 17.4. The third-order valence-corrected chi connectivity index (χ3v) is 11.9. The molecule has 210 valence electrons. The number of hydrogen-bond acceptors (Lipinski definition) is 6. The normalized spacial score (nSPS) is 38.6. The van der Waals surface area contributed by atoms with Crippen molar-refractivity contribution in [1.29, 1.82) is 0 Å². The molecule has 6 nitrogen and oxygen atoms in total. The number of methoxy groups -OCH3 is 1. The molecule has 2 heterocycles. The molecule has 6 heteroatoms. The average molecular weight is 534 g/mol. The fourth-order valence-electron chi connectivity index (χ4n) is 9.71. The Hall–Kier alpha value is -2.31. The number of ether oxygens (including phenoxy) is 3. The SMILES string of the molecule is COc1c2c(cc3c1[C@H](CC(=O)C1=CC[C@H]4[C@@H]5CC=C6C[C@@H](O)CC[C@]6(C)[C@H]5CC[C@]14C)N(C)CC3)OCO2. The van der Waals surface area contributed by atoms with E-state index in [0.717, 1.165) is 74.1 Å². The Kier molecular flexibility index (Phi) is 5.99. The summed E-state index contributed by atoms with van der Waals surface area (Å²) in [7, 11) is 3.81. The van der Waals surface area contributed by atoms with Gasteiger partial charge < -0.3 is 19.3 Å². The number of carbonyl (C=O) groups excluding carboxylic acids is 1. The lowest BCUT2D eigenvalue weighted by molar-refractivity contribution is -0.119. The first kappa shape index (κ1) is 25.6. The van der Waals surface area contributed by atoms with Gasteiger partial charge in [0.05, 0.1) is 13.2 Å². The second-order valence-electron chi connectivity index (χ2n) is 13.6. The van der Waals surface area contributed by atoms with Crippen LogP contribution in [0.4, 0.5) is 0 Å². The predicted molar refractivity (Wildman–Crippen MR) is 149 cm³/mol. The second kappa shape index (κ2) is 9.10. The zero-order valence-electron chi connectivity index (χ0n) is 23.9. The van der Waals surface area contributed by atoms with Crippen LogP contribution in [-0.2, 0) is 11.2 Å². The van der Waals surface area contributed by atoms with Crippen LogP contribution in [0.25, 0.3) is 0 Å². The van der Waals surface area contributed by atoms with Gasteiger partial charge in [-0.05, 0) is 104 Å². The number of fused-ring (bicyclic) bond motifs is 7. The highest BCUT2D eigenvalue weighted by Gasteiger charge is 2.57. The molecule has 2 aliphatic heterocycles. The third kappa shape index (κ3) is 3.70. The Balaban J connectivity index is 1.15. The quantitative estimate of drug-likeness (QED) is 0.496. The molecule has 0 bridgehead atoms. The Morgan fingerprint density at radius 3 is 2.77 bits per heavy atom. The summed E-state index contributed by atoms with van der Waals surface area (Å²) in [6.07, 6.45) is 13.2. The molecule has 7 rings (SSSR count). The summed E-state index contributed by atoms with van der Waals surface area (Å²) in [4.78, 5) is 16.5. The van der Waals surface area contributed by atoms with Gasteiger partial charge in [0, 0.05) is 24.6 Å². The molecular weight excluding hydrogens is 490 g/mol. The van der Waals surface area contributed by atoms with Gasteiger partial charge in [0.15, 0.2) is 17.3 Å². The van der Waals surface area contributed by atoms with Crippen LogP contribution in [0.1, 0.15) is 82.4 Å². The minimum absolute atomic E-state index is 0.0432. The number of allylic oxidation sites excluding steroid dienone is 3. The van der Waals surface area contributed by atoms with Gasteiger partial charge in [-0.15, -0.1) is 0 Å². The number of carbonyl (C=O) groups is 1. The van der Waals surface area contributed by atoms with Gasteiger partial charge in [-0.25, -0.2) is 0 Å². The monoisotopic (exact) mass is 533 g/mol. The van der Waals surface area contributed by atoms with E-state index in [9.17, 15) is 9.90 Å². The van der Waals surface area contributed by atoms with Crippen LogP contribution in [0.2, 0.25) is 0 Å². The van der Waals surface area contributed by atoms with E-state index in [1.807, 2.05) is 0 Å². The number of rotatable bonds is 4. The Labute approximate surface area is 232 Å². The van der Waals surface area contributed by atoms with E-state index in [-0.39, 0.29) is 29.8 Å². The first-order valence-corrected chi connectivity index (χ1v) is 15.1. The first-order valence-electron chi connectivity index (χ1n) is 15.1. The summed E-state index contributed by atoms with van der Waals surface area (Å²) in [5.74, 6) is 4.24. The van der Waals surface area contributed by atoms with Gasteiger partial charge >= 0.3 is 0 Å². The molecule has 2 fully saturated rings. The summed E-state index contributed by atoms with van der Waals surface area (Å²) in [6.45, 7) is 5.96. The number of nitrogens with zero attached hydrogens (tertiary/aromatic N) is 1. The molecule has 4 aliphatic carbocycles. The van der Waals surface area contributed by atoms with E-state index < -0.39 is 0 Å². The lowest BCUT2D eigenvalue weighted by atomic mass is 9.47. The molecule has 2 saturated carbocycles. The standard InChI is InChI=1S/C33H43NO5/c1-32-12-9-21(35)16-20(32)5-6-22-23-7-8-25(33(23,2)13-10-24(22)32)27(36)17-26-29-19(11-14-34(26)3)15-28-30(31(29)37-4)39-18-38-28/h5,8,15,21-24,26,35H,6-7,9-14,16-18H2,1-4H3/t21-,22-,23-,24-,26-,32-,33-/m0/s1. The molecule has 0 unspecified atom stereocenters. The number of Topliss-reactive ketones (excluding diaryl/α,β-unsaturated/α-hetero) is 1. The lowest BCUT2D eigenvalue weighted by Gasteiger charge is -2.57. The molecule has 7 atom stereocenters. The molecule has 6 aliphatic rings. The molecule has 1 N–H and O–H groups in total.